The molecule has 0 unspecified atom stereocenters. The van der Waals surface area contributed by atoms with E-state index in [4.69, 9.17) is 0 Å². The van der Waals surface area contributed by atoms with Gasteiger partial charge in [0.15, 0.2) is 11.6 Å². The van der Waals surface area contributed by atoms with E-state index in [2.05, 4.69) is 22.9 Å². The Morgan fingerprint density at radius 1 is 1.20 bits per heavy atom. The summed E-state index contributed by atoms with van der Waals surface area (Å²) in [6, 6.07) is 2.82. The topological polar surface area (TPSA) is 0 Å². The average molecular weight is 206 g/mol. The van der Waals surface area contributed by atoms with Gasteiger partial charge in [-0.05, 0) is 34.5 Å². The van der Waals surface area contributed by atoms with Crippen molar-refractivity contribution in [2.45, 2.75) is 0 Å². The minimum Gasteiger partial charge on any atom is -0.203 e. The molecular formula is C7H4BrF2. The molecule has 0 heterocycles. The van der Waals surface area contributed by atoms with Crippen LogP contribution >= 0.6 is 15.9 Å². The van der Waals surface area contributed by atoms with E-state index in [9.17, 15) is 8.78 Å². The van der Waals surface area contributed by atoms with Crippen molar-refractivity contribution in [1.29, 1.82) is 0 Å². The van der Waals surface area contributed by atoms with Crippen LogP contribution in [-0.4, -0.2) is 0 Å². The standard InChI is InChI=1S/C7H4BrF2/c1-4-2-3-5(8)7(10)6(4)9/h2-3H,1H2. The maximum Gasteiger partial charge on any atom is 0.173 e. The lowest BCUT2D eigenvalue weighted by Crippen LogP contribution is -1.88. The molecule has 10 heavy (non-hydrogen) atoms. The molecular weight excluding hydrogens is 202 g/mol. The number of benzene rings is 1. The predicted molar refractivity (Wildman–Crippen MR) is 38.5 cm³/mol. The summed E-state index contributed by atoms with van der Waals surface area (Å²) in [6.07, 6.45) is 0. The maximum absolute atomic E-state index is 12.5. The summed E-state index contributed by atoms with van der Waals surface area (Å²) in [5.41, 5.74) is 0.0701. The van der Waals surface area contributed by atoms with Crippen molar-refractivity contribution in [3.05, 3.63) is 40.7 Å². The summed E-state index contributed by atoms with van der Waals surface area (Å²) < 4.78 is 25.2. The van der Waals surface area contributed by atoms with Crippen molar-refractivity contribution in [2.24, 2.45) is 0 Å². The van der Waals surface area contributed by atoms with Gasteiger partial charge in [0.25, 0.3) is 0 Å². The summed E-state index contributed by atoms with van der Waals surface area (Å²) >= 11 is 2.84. The summed E-state index contributed by atoms with van der Waals surface area (Å²) in [4.78, 5) is 0. The van der Waals surface area contributed by atoms with Crippen molar-refractivity contribution in [2.75, 3.05) is 0 Å². The quantitative estimate of drug-likeness (QED) is 0.572. The molecule has 0 amide bonds. The molecule has 0 nitrogen and oxygen atoms in total. The molecule has 3 heteroatoms. The highest BCUT2D eigenvalue weighted by Gasteiger charge is 2.07. The highest BCUT2D eigenvalue weighted by atomic mass is 79.9. The van der Waals surface area contributed by atoms with Crippen LogP contribution in [0.1, 0.15) is 5.56 Å². The molecule has 0 saturated carbocycles. The zero-order valence-corrected chi connectivity index (χ0v) is 6.58. The Labute approximate surface area is 66.0 Å². The first-order valence-electron chi connectivity index (χ1n) is 2.58. The van der Waals surface area contributed by atoms with E-state index >= 15 is 0 Å². The Kier molecular flexibility index (Phi) is 2.04. The van der Waals surface area contributed by atoms with Crippen LogP contribution in [0.2, 0.25) is 0 Å². The van der Waals surface area contributed by atoms with E-state index in [0.29, 0.717) is 0 Å². The fourth-order valence-corrected chi connectivity index (χ4v) is 0.872. The average Bonchev–Trinajstić information content (AvgIpc) is 1.93. The van der Waals surface area contributed by atoms with Crippen LogP contribution in [0.25, 0.3) is 0 Å². The van der Waals surface area contributed by atoms with Gasteiger partial charge in [-0.3, -0.25) is 0 Å². The van der Waals surface area contributed by atoms with Gasteiger partial charge in [-0.2, -0.15) is 0 Å². The highest BCUT2D eigenvalue weighted by Crippen LogP contribution is 2.19. The smallest absolute Gasteiger partial charge is 0.173 e. The first-order chi connectivity index (χ1) is 4.63. The zero-order chi connectivity index (χ0) is 7.72. The molecule has 0 bridgehead atoms. The van der Waals surface area contributed by atoms with E-state index in [1.165, 1.54) is 12.1 Å². The third kappa shape index (κ3) is 1.19. The Morgan fingerprint density at radius 2 is 1.80 bits per heavy atom. The van der Waals surface area contributed by atoms with E-state index in [-0.39, 0.29) is 10.0 Å². The minimum absolute atomic E-state index is 0.0701. The van der Waals surface area contributed by atoms with Gasteiger partial charge in [-0.15, -0.1) is 0 Å². The predicted octanol–water partition coefficient (Wildman–Crippen LogP) is 2.91. The van der Waals surface area contributed by atoms with Crippen molar-refractivity contribution < 1.29 is 8.78 Å². The van der Waals surface area contributed by atoms with Crippen LogP contribution in [-0.2, 0) is 0 Å². The molecule has 1 rings (SSSR count). The van der Waals surface area contributed by atoms with Crippen LogP contribution < -0.4 is 0 Å². The van der Waals surface area contributed by atoms with Crippen molar-refractivity contribution in [1.82, 2.24) is 0 Å². The van der Waals surface area contributed by atoms with Gasteiger partial charge in [-0.1, -0.05) is 6.07 Å². The molecule has 1 aromatic carbocycles. The molecule has 0 fully saturated rings. The fourth-order valence-electron chi connectivity index (χ4n) is 0.566. The minimum atomic E-state index is -0.894. The normalized spacial score (nSPS) is 10.0. The van der Waals surface area contributed by atoms with Crippen LogP contribution in [0.3, 0.4) is 0 Å². The summed E-state index contributed by atoms with van der Waals surface area (Å²) in [5.74, 6) is -1.78. The third-order valence-electron chi connectivity index (χ3n) is 1.12. The number of halogens is 3. The van der Waals surface area contributed by atoms with Crippen molar-refractivity contribution >= 4 is 15.9 Å². The van der Waals surface area contributed by atoms with E-state index in [1.807, 2.05) is 0 Å². The lowest BCUT2D eigenvalue weighted by atomic mass is 10.2. The van der Waals surface area contributed by atoms with Gasteiger partial charge < -0.3 is 0 Å². The van der Waals surface area contributed by atoms with Gasteiger partial charge in [0.1, 0.15) is 0 Å². The molecule has 0 aliphatic heterocycles. The van der Waals surface area contributed by atoms with Gasteiger partial charge in [0.05, 0.1) is 4.47 Å². The molecule has 0 atom stereocenters. The van der Waals surface area contributed by atoms with Crippen LogP contribution in [0, 0.1) is 18.6 Å². The first-order valence-corrected chi connectivity index (χ1v) is 3.37. The van der Waals surface area contributed by atoms with Crippen LogP contribution in [0.5, 0.6) is 0 Å². The third-order valence-corrected chi connectivity index (χ3v) is 1.73. The first kappa shape index (κ1) is 7.66. The van der Waals surface area contributed by atoms with Crippen molar-refractivity contribution in [3.63, 3.8) is 0 Å². The second-order valence-corrected chi connectivity index (χ2v) is 2.69. The summed E-state index contributed by atoms with van der Waals surface area (Å²) in [5, 5.41) is 0. The molecule has 0 aromatic heterocycles. The Balaban J connectivity index is 3.34. The Morgan fingerprint density at radius 3 is 2.30 bits per heavy atom. The Hall–Kier alpha value is -0.440. The highest BCUT2D eigenvalue weighted by molar-refractivity contribution is 9.10. The summed E-state index contributed by atoms with van der Waals surface area (Å²) in [7, 11) is 0. The molecule has 0 saturated heterocycles. The zero-order valence-electron chi connectivity index (χ0n) is 5.00. The molecule has 0 aliphatic carbocycles. The molecule has 53 valence electrons. The second kappa shape index (κ2) is 2.66. The SMILES string of the molecule is [CH2]c1ccc(Br)c(F)c1F. The lowest BCUT2D eigenvalue weighted by Gasteiger charge is -1.97. The van der Waals surface area contributed by atoms with E-state index in [0.717, 1.165) is 0 Å². The molecule has 1 aromatic rings. The largest absolute Gasteiger partial charge is 0.203 e. The lowest BCUT2D eigenvalue weighted by molar-refractivity contribution is 0.501. The monoisotopic (exact) mass is 205 g/mol. The van der Waals surface area contributed by atoms with E-state index < -0.39 is 11.6 Å². The van der Waals surface area contributed by atoms with Crippen LogP contribution in [0.4, 0.5) is 8.78 Å². The maximum atomic E-state index is 12.5. The number of hydrogen-bond acceptors (Lipinski definition) is 0. The number of rotatable bonds is 0. The van der Waals surface area contributed by atoms with Gasteiger partial charge >= 0.3 is 0 Å². The number of hydrogen-bond donors (Lipinski definition) is 0. The molecule has 0 spiro atoms. The van der Waals surface area contributed by atoms with Gasteiger partial charge in [0, 0.05) is 0 Å². The molecule has 0 N–H and O–H groups in total. The van der Waals surface area contributed by atoms with E-state index in [1.54, 1.807) is 0 Å². The fraction of sp³-hybridized carbons (Fsp3) is 0. The van der Waals surface area contributed by atoms with Crippen molar-refractivity contribution in [3.8, 4) is 0 Å². The molecule has 0 aliphatic rings. The van der Waals surface area contributed by atoms with Gasteiger partial charge in [0.2, 0.25) is 0 Å². The van der Waals surface area contributed by atoms with Gasteiger partial charge in [-0.25, -0.2) is 8.78 Å². The van der Waals surface area contributed by atoms with Crippen LogP contribution in [0.15, 0.2) is 16.6 Å². The Bertz CT molecular complexity index is 231. The molecule has 1 radical (unpaired) electrons. The second-order valence-electron chi connectivity index (χ2n) is 1.83. The summed E-state index contributed by atoms with van der Waals surface area (Å²) in [6.45, 7) is 3.29.